The molecule has 0 atom stereocenters. The topological polar surface area (TPSA) is 93.5 Å². The molecule has 0 saturated carbocycles. The summed E-state index contributed by atoms with van der Waals surface area (Å²) in [5.41, 5.74) is 3.85. The quantitative estimate of drug-likeness (QED) is 0.470. The third kappa shape index (κ3) is 4.33. The summed E-state index contributed by atoms with van der Waals surface area (Å²) in [5.74, 6) is 0.412. The van der Waals surface area contributed by atoms with Gasteiger partial charge >= 0.3 is 0 Å². The van der Waals surface area contributed by atoms with E-state index in [1.165, 1.54) is 18.3 Å². The first-order valence-corrected chi connectivity index (χ1v) is 10.1. The van der Waals surface area contributed by atoms with E-state index in [0.717, 1.165) is 27.9 Å². The molecule has 0 bridgehead atoms. The number of benzene rings is 2. The smallest absolute Gasteiger partial charge is 0.230 e. The largest absolute Gasteiger partial charge is 0.497 e. The van der Waals surface area contributed by atoms with Gasteiger partial charge in [0.05, 0.1) is 25.5 Å². The Morgan fingerprint density at radius 2 is 1.93 bits per heavy atom. The van der Waals surface area contributed by atoms with Crippen molar-refractivity contribution in [3.8, 4) is 17.0 Å². The maximum atomic E-state index is 12.5. The highest BCUT2D eigenvalue weighted by Crippen LogP contribution is 2.28. The Morgan fingerprint density at radius 3 is 2.67 bits per heavy atom. The number of hydrogen-bond acceptors (Lipinski definition) is 6. The van der Waals surface area contributed by atoms with Gasteiger partial charge in [0, 0.05) is 40.6 Å². The fourth-order valence-electron chi connectivity index (χ4n) is 3.06. The van der Waals surface area contributed by atoms with E-state index in [-0.39, 0.29) is 18.2 Å². The second-order valence-corrected chi connectivity index (χ2v) is 7.50. The minimum absolute atomic E-state index is 0.119. The van der Waals surface area contributed by atoms with Gasteiger partial charge in [0.1, 0.15) is 11.3 Å². The van der Waals surface area contributed by atoms with Crippen LogP contribution in [-0.2, 0) is 16.0 Å². The van der Waals surface area contributed by atoms with Gasteiger partial charge in [0.25, 0.3) is 0 Å². The number of thiazole rings is 1. The summed E-state index contributed by atoms with van der Waals surface area (Å²) in [4.78, 5) is 28.1. The summed E-state index contributed by atoms with van der Waals surface area (Å²) >= 11 is 1.36. The summed E-state index contributed by atoms with van der Waals surface area (Å²) in [6, 6.07) is 12.9. The van der Waals surface area contributed by atoms with Gasteiger partial charge in [0.15, 0.2) is 5.13 Å². The SMILES string of the molecule is COc1ccc2c(CC(=O)Nc3nc(-c4ccc(NC(C)=O)cc4)cs3)coc2c1. The van der Waals surface area contributed by atoms with Crippen molar-refractivity contribution in [1.29, 1.82) is 0 Å². The van der Waals surface area contributed by atoms with Crippen molar-refractivity contribution < 1.29 is 18.7 Å². The van der Waals surface area contributed by atoms with Crippen LogP contribution in [0.3, 0.4) is 0 Å². The zero-order valence-corrected chi connectivity index (χ0v) is 17.2. The molecule has 0 fully saturated rings. The molecule has 0 spiro atoms. The molecule has 152 valence electrons. The highest BCUT2D eigenvalue weighted by Gasteiger charge is 2.13. The second-order valence-electron chi connectivity index (χ2n) is 6.64. The number of nitrogens with zero attached hydrogens (tertiary/aromatic N) is 1. The number of aromatic nitrogens is 1. The number of amides is 2. The third-order valence-corrected chi connectivity index (χ3v) is 5.22. The molecular formula is C22H19N3O4S. The Balaban J connectivity index is 1.42. The van der Waals surface area contributed by atoms with Crippen molar-refractivity contribution in [2.75, 3.05) is 17.7 Å². The van der Waals surface area contributed by atoms with Crippen LogP contribution in [0.15, 0.2) is 58.5 Å². The van der Waals surface area contributed by atoms with Crippen LogP contribution in [0.2, 0.25) is 0 Å². The van der Waals surface area contributed by atoms with E-state index >= 15 is 0 Å². The molecule has 0 radical (unpaired) electrons. The fourth-order valence-corrected chi connectivity index (χ4v) is 3.79. The number of ether oxygens (including phenoxy) is 1. The van der Waals surface area contributed by atoms with E-state index in [0.29, 0.717) is 16.5 Å². The van der Waals surface area contributed by atoms with Crippen LogP contribution < -0.4 is 15.4 Å². The third-order valence-electron chi connectivity index (χ3n) is 4.47. The fraction of sp³-hybridized carbons (Fsp3) is 0.136. The van der Waals surface area contributed by atoms with Crippen LogP contribution in [0.25, 0.3) is 22.2 Å². The van der Waals surface area contributed by atoms with Crippen LogP contribution in [0.5, 0.6) is 5.75 Å². The lowest BCUT2D eigenvalue weighted by molar-refractivity contribution is -0.116. The van der Waals surface area contributed by atoms with Crippen LogP contribution in [0, 0.1) is 0 Å². The molecule has 30 heavy (non-hydrogen) atoms. The molecule has 2 amide bonds. The summed E-state index contributed by atoms with van der Waals surface area (Å²) in [7, 11) is 1.60. The van der Waals surface area contributed by atoms with Gasteiger partial charge in [0.2, 0.25) is 11.8 Å². The summed E-state index contributed by atoms with van der Waals surface area (Å²) < 4.78 is 10.7. The Hall–Kier alpha value is -3.65. The van der Waals surface area contributed by atoms with Gasteiger partial charge in [-0.2, -0.15) is 0 Å². The number of furan rings is 1. The molecule has 0 aliphatic rings. The highest BCUT2D eigenvalue weighted by molar-refractivity contribution is 7.14. The average Bonchev–Trinajstić information content (AvgIpc) is 3.35. The molecule has 7 nitrogen and oxygen atoms in total. The van der Waals surface area contributed by atoms with Crippen LogP contribution >= 0.6 is 11.3 Å². The average molecular weight is 421 g/mol. The molecule has 2 aromatic carbocycles. The van der Waals surface area contributed by atoms with Gasteiger partial charge in [-0.15, -0.1) is 11.3 Å². The zero-order valence-electron chi connectivity index (χ0n) is 16.4. The maximum absolute atomic E-state index is 12.5. The Labute approximate surface area is 176 Å². The first-order chi connectivity index (χ1) is 14.5. The molecule has 2 heterocycles. The minimum Gasteiger partial charge on any atom is -0.497 e. The van der Waals surface area contributed by atoms with Crippen molar-refractivity contribution >= 4 is 44.9 Å². The summed E-state index contributed by atoms with van der Waals surface area (Å²) in [5, 5.41) is 8.85. The molecule has 4 rings (SSSR count). The van der Waals surface area contributed by atoms with Crippen LogP contribution in [-0.4, -0.2) is 23.9 Å². The lowest BCUT2D eigenvalue weighted by Gasteiger charge is -2.03. The Kier molecular flexibility index (Phi) is 5.49. The number of carbonyl (C=O) groups is 2. The van der Waals surface area contributed by atoms with Crippen molar-refractivity contribution in [3.63, 3.8) is 0 Å². The van der Waals surface area contributed by atoms with E-state index in [2.05, 4.69) is 15.6 Å². The van der Waals surface area contributed by atoms with Crippen LogP contribution in [0.1, 0.15) is 12.5 Å². The molecule has 8 heteroatoms. The number of methoxy groups -OCH3 is 1. The molecule has 0 saturated heterocycles. The molecular weight excluding hydrogens is 402 g/mol. The monoisotopic (exact) mass is 421 g/mol. The number of anilines is 2. The van der Waals surface area contributed by atoms with Gasteiger partial charge in [-0.05, 0) is 24.3 Å². The molecule has 2 aromatic heterocycles. The second kappa shape index (κ2) is 8.38. The van der Waals surface area contributed by atoms with Crippen molar-refractivity contribution in [2.24, 2.45) is 0 Å². The van der Waals surface area contributed by atoms with Gasteiger partial charge in [-0.3, -0.25) is 9.59 Å². The Bertz CT molecular complexity index is 1210. The maximum Gasteiger partial charge on any atom is 0.230 e. The number of nitrogens with one attached hydrogen (secondary N) is 2. The number of fused-ring (bicyclic) bond motifs is 1. The summed E-state index contributed by atoms with van der Waals surface area (Å²) in [6.45, 7) is 1.46. The van der Waals surface area contributed by atoms with Crippen molar-refractivity contribution in [3.05, 3.63) is 59.7 Å². The zero-order chi connectivity index (χ0) is 21.1. The van der Waals surface area contributed by atoms with Gasteiger partial charge in [-0.1, -0.05) is 12.1 Å². The highest BCUT2D eigenvalue weighted by atomic mass is 32.1. The van der Waals surface area contributed by atoms with Gasteiger partial charge < -0.3 is 19.8 Å². The number of hydrogen-bond donors (Lipinski definition) is 2. The van der Waals surface area contributed by atoms with E-state index in [1.807, 2.05) is 41.8 Å². The number of carbonyl (C=O) groups excluding carboxylic acids is 2. The predicted octanol–water partition coefficient (Wildman–Crippen LogP) is 4.70. The van der Waals surface area contributed by atoms with Gasteiger partial charge in [-0.25, -0.2) is 4.98 Å². The van der Waals surface area contributed by atoms with E-state index in [1.54, 1.807) is 19.4 Å². The lowest BCUT2D eigenvalue weighted by Crippen LogP contribution is -2.13. The molecule has 0 aliphatic carbocycles. The van der Waals surface area contributed by atoms with Crippen LogP contribution in [0.4, 0.5) is 10.8 Å². The standard InChI is InChI=1S/C22H19N3O4S/c1-13(26)23-16-5-3-14(4-6-16)19-12-30-22(24-19)25-21(27)9-15-11-29-20-10-17(28-2)7-8-18(15)20/h3-8,10-12H,9H2,1-2H3,(H,23,26)(H,24,25,27). The molecule has 0 unspecified atom stereocenters. The first-order valence-electron chi connectivity index (χ1n) is 9.19. The van der Waals surface area contributed by atoms with E-state index in [9.17, 15) is 9.59 Å². The van der Waals surface area contributed by atoms with Crippen molar-refractivity contribution in [1.82, 2.24) is 4.98 Å². The molecule has 4 aromatic rings. The van der Waals surface area contributed by atoms with E-state index < -0.39 is 0 Å². The van der Waals surface area contributed by atoms with Crippen molar-refractivity contribution in [2.45, 2.75) is 13.3 Å². The summed E-state index contributed by atoms with van der Waals surface area (Å²) in [6.07, 6.45) is 1.77. The minimum atomic E-state index is -0.171. The molecule has 0 aliphatic heterocycles. The normalized spacial score (nSPS) is 10.7. The first kappa shape index (κ1) is 19.7. The predicted molar refractivity (Wildman–Crippen MR) is 117 cm³/mol. The molecule has 2 N–H and O–H groups in total. The van der Waals surface area contributed by atoms with E-state index in [4.69, 9.17) is 9.15 Å². The lowest BCUT2D eigenvalue weighted by atomic mass is 10.1. The Morgan fingerprint density at radius 1 is 1.13 bits per heavy atom. The number of rotatable bonds is 6.